The van der Waals surface area contributed by atoms with Crippen molar-refractivity contribution < 1.29 is 0 Å². The number of rotatable bonds is 0. The maximum atomic E-state index is 4.85. The first kappa shape index (κ1) is 16.5. The van der Waals surface area contributed by atoms with Crippen molar-refractivity contribution in [3.8, 4) is 0 Å². The lowest BCUT2D eigenvalue weighted by molar-refractivity contribution is 0.167. The zero-order valence-corrected chi connectivity index (χ0v) is 15.8. The first-order valence-electron chi connectivity index (χ1n) is 9.52. The predicted octanol–water partition coefficient (Wildman–Crippen LogP) is 4.79. The maximum absolute atomic E-state index is 4.85. The average molecular weight is 332 g/mol. The van der Waals surface area contributed by atoms with Gasteiger partial charge in [0.1, 0.15) is 0 Å². The molecule has 0 saturated carbocycles. The molecule has 130 valence electrons. The zero-order valence-electron chi connectivity index (χ0n) is 15.8. The van der Waals surface area contributed by atoms with Crippen molar-refractivity contribution in [3.05, 3.63) is 70.0 Å². The van der Waals surface area contributed by atoms with E-state index in [1.165, 1.54) is 33.5 Å². The number of hydrogen-bond acceptors (Lipinski definition) is 2. The van der Waals surface area contributed by atoms with Crippen LogP contribution in [0.3, 0.4) is 0 Å². The minimum Gasteiger partial charge on any atom is -0.300 e. The van der Waals surface area contributed by atoms with Crippen LogP contribution in [0, 0.1) is 6.92 Å². The molecule has 0 N–H and O–H groups in total. The fraction of sp³-hybridized carbons (Fsp3) is 0.435. The van der Waals surface area contributed by atoms with Crippen LogP contribution in [0.5, 0.6) is 0 Å². The van der Waals surface area contributed by atoms with Gasteiger partial charge in [0, 0.05) is 23.9 Å². The number of piperidine rings is 1. The Morgan fingerprint density at radius 3 is 2.48 bits per heavy atom. The normalized spacial score (nSPS) is 23.8. The summed E-state index contributed by atoms with van der Waals surface area (Å²) in [7, 11) is 2.26. The Morgan fingerprint density at radius 1 is 1.00 bits per heavy atom. The molecule has 2 atom stereocenters. The molecular formula is C23H28N2. The van der Waals surface area contributed by atoms with Gasteiger partial charge in [-0.3, -0.25) is 4.98 Å². The summed E-state index contributed by atoms with van der Waals surface area (Å²) in [4.78, 5) is 7.36. The van der Waals surface area contributed by atoms with Gasteiger partial charge in [-0.05, 0) is 76.3 Å². The molecule has 2 heterocycles. The van der Waals surface area contributed by atoms with Gasteiger partial charge in [-0.1, -0.05) is 35.4 Å². The molecule has 0 amide bonds. The molecular weight excluding hydrogens is 304 g/mol. The Hall–Kier alpha value is -1.93. The van der Waals surface area contributed by atoms with Gasteiger partial charge in [-0.2, -0.15) is 0 Å². The van der Waals surface area contributed by atoms with E-state index in [-0.39, 0.29) is 0 Å². The molecule has 1 saturated heterocycles. The van der Waals surface area contributed by atoms with Gasteiger partial charge in [-0.25, -0.2) is 0 Å². The van der Waals surface area contributed by atoms with Gasteiger partial charge in [0.2, 0.25) is 0 Å². The quantitative estimate of drug-likeness (QED) is 0.689. The zero-order chi connectivity index (χ0) is 17.6. The van der Waals surface area contributed by atoms with Crippen molar-refractivity contribution in [1.82, 2.24) is 9.88 Å². The summed E-state index contributed by atoms with van der Waals surface area (Å²) in [6.07, 6.45) is 6.43. The van der Waals surface area contributed by atoms with Crippen LogP contribution in [0.2, 0.25) is 0 Å². The molecule has 2 aromatic rings. The summed E-state index contributed by atoms with van der Waals surface area (Å²) < 4.78 is 0. The fourth-order valence-corrected chi connectivity index (χ4v) is 4.52. The van der Waals surface area contributed by atoms with Crippen LogP contribution in [-0.2, 0) is 12.8 Å². The molecule has 1 aromatic carbocycles. The molecule has 1 fully saturated rings. The third kappa shape index (κ3) is 2.93. The van der Waals surface area contributed by atoms with Gasteiger partial charge < -0.3 is 4.90 Å². The maximum Gasteiger partial charge on any atom is 0.0739 e. The van der Waals surface area contributed by atoms with E-state index in [4.69, 9.17) is 4.98 Å². The predicted molar refractivity (Wildman–Crippen MR) is 105 cm³/mol. The highest BCUT2D eigenvalue weighted by Crippen LogP contribution is 2.39. The Labute approximate surface area is 151 Å². The highest BCUT2D eigenvalue weighted by Gasteiger charge is 2.29. The summed E-state index contributed by atoms with van der Waals surface area (Å²) in [5.74, 6) is 0. The van der Waals surface area contributed by atoms with E-state index in [0.29, 0.717) is 12.1 Å². The number of aromatic nitrogens is 1. The van der Waals surface area contributed by atoms with Gasteiger partial charge in [0.15, 0.2) is 0 Å². The second-order valence-electron chi connectivity index (χ2n) is 7.92. The number of aryl methyl sites for hydroxylation is 3. The third-order valence-corrected chi connectivity index (χ3v) is 6.15. The molecule has 4 rings (SSSR count). The second kappa shape index (κ2) is 6.42. The van der Waals surface area contributed by atoms with E-state index in [0.717, 1.165) is 25.7 Å². The Morgan fingerprint density at radius 2 is 1.72 bits per heavy atom. The van der Waals surface area contributed by atoms with Gasteiger partial charge in [0.05, 0.1) is 5.69 Å². The summed E-state index contributed by atoms with van der Waals surface area (Å²) >= 11 is 0. The number of likely N-dealkylation sites (tertiary alicyclic amines) is 1. The van der Waals surface area contributed by atoms with Crippen LogP contribution >= 0.6 is 0 Å². The van der Waals surface area contributed by atoms with Crippen molar-refractivity contribution in [2.24, 2.45) is 0 Å². The van der Waals surface area contributed by atoms with Gasteiger partial charge in [-0.15, -0.1) is 0 Å². The first-order chi connectivity index (χ1) is 12.0. The molecule has 2 aliphatic rings. The molecule has 2 unspecified atom stereocenters. The van der Waals surface area contributed by atoms with Gasteiger partial charge >= 0.3 is 0 Å². The topological polar surface area (TPSA) is 16.1 Å². The molecule has 2 nitrogen and oxygen atoms in total. The SMILES string of the molecule is Cc1ccc2c(c1)CCc1cccnc1C2=C1CC(C)N(C)C(C)C1. The Balaban J connectivity index is 1.95. The molecule has 2 heteroatoms. The smallest absolute Gasteiger partial charge is 0.0739 e. The first-order valence-corrected chi connectivity index (χ1v) is 9.52. The molecule has 0 spiro atoms. The van der Waals surface area contributed by atoms with Crippen molar-refractivity contribution in [2.75, 3.05) is 7.05 Å². The summed E-state index contributed by atoms with van der Waals surface area (Å²) in [5.41, 5.74) is 9.90. The van der Waals surface area contributed by atoms with E-state index < -0.39 is 0 Å². The largest absolute Gasteiger partial charge is 0.300 e. The van der Waals surface area contributed by atoms with Crippen molar-refractivity contribution in [1.29, 1.82) is 0 Å². The van der Waals surface area contributed by atoms with Crippen LogP contribution in [0.15, 0.2) is 42.1 Å². The monoisotopic (exact) mass is 332 g/mol. The van der Waals surface area contributed by atoms with E-state index >= 15 is 0 Å². The Bertz CT molecular complexity index is 820. The molecule has 25 heavy (non-hydrogen) atoms. The van der Waals surface area contributed by atoms with Crippen LogP contribution in [-0.4, -0.2) is 29.0 Å². The van der Waals surface area contributed by atoms with Crippen molar-refractivity contribution >= 4 is 5.57 Å². The fourth-order valence-electron chi connectivity index (χ4n) is 4.52. The number of benzene rings is 1. The summed E-state index contributed by atoms with van der Waals surface area (Å²) in [6, 6.07) is 12.5. The number of fused-ring (bicyclic) bond motifs is 2. The number of pyridine rings is 1. The molecule has 1 aliphatic heterocycles. The average Bonchev–Trinajstić information content (AvgIpc) is 2.76. The Kier molecular flexibility index (Phi) is 4.24. The van der Waals surface area contributed by atoms with E-state index in [1.807, 2.05) is 6.20 Å². The van der Waals surface area contributed by atoms with Crippen LogP contribution in [0.1, 0.15) is 54.6 Å². The lowest BCUT2D eigenvalue weighted by atomic mass is 9.84. The molecule has 0 bridgehead atoms. The molecule has 1 aromatic heterocycles. The number of nitrogens with zero attached hydrogens (tertiary/aromatic N) is 2. The highest BCUT2D eigenvalue weighted by molar-refractivity contribution is 5.84. The second-order valence-corrected chi connectivity index (χ2v) is 7.92. The van der Waals surface area contributed by atoms with Crippen LogP contribution in [0.4, 0.5) is 0 Å². The van der Waals surface area contributed by atoms with Crippen LogP contribution < -0.4 is 0 Å². The highest BCUT2D eigenvalue weighted by atomic mass is 15.2. The lowest BCUT2D eigenvalue weighted by Crippen LogP contribution is -2.41. The third-order valence-electron chi connectivity index (χ3n) is 6.15. The van der Waals surface area contributed by atoms with Gasteiger partial charge in [0.25, 0.3) is 0 Å². The summed E-state index contributed by atoms with van der Waals surface area (Å²) in [6.45, 7) is 6.90. The van der Waals surface area contributed by atoms with E-state index in [1.54, 1.807) is 5.57 Å². The minimum absolute atomic E-state index is 0.579. The van der Waals surface area contributed by atoms with Crippen LogP contribution in [0.25, 0.3) is 5.57 Å². The number of hydrogen-bond donors (Lipinski definition) is 0. The van der Waals surface area contributed by atoms with Crippen molar-refractivity contribution in [3.63, 3.8) is 0 Å². The molecule has 1 aliphatic carbocycles. The minimum atomic E-state index is 0.579. The molecule has 0 radical (unpaired) electrons. The van der Waals surface area contributed by atoms with E-state index in [9.17, 15) is 0 Å². The summed E-state index contributed by atoms with van der Waals surface area (Å²) in [5, 5.41) is 0. The lowest BCUT2D eigenvalue weighted by Gasteiger charge is -2.38. The van der Waals surface area contributed by atoms with Crippen molar-refractivity contribution in [2.45, 2.75) is 58.5 Å². The standard InChI is InChI=1S/C23H28N2/c1-15-7-10-21-19(12-15)9-8-18-6-5-11-24-23(18)22(21)20-13-16(2)25(4)17(3)14-20/h5-7,10-12,16-17H,8-9,13-14H2,1-4H3. The van der Waals surface area contributed by atoms with E-state index in [2.05, 4.69) is 63.1 Å².